The molecule has 1 amide bonds. The van der Waals surface area contributed by atoms with Crippen molar-refractivity contribution in [1.82, 2.24) is 15.1 Å². The van der Waals surface area contributed by atoms with Crippen molar-refractivity contribution in [3.63, 3.8) is 0 Å². The third-order valence-electron chi connectivity index (χ3n) is 6.32. The monoisotopic (exact) mass is 460 g/mol. The van der Waals surface area contributed by atoms with Crippen molar-refractivity contribution < 1.29 is 23.7 Å². The van der Waals surface area contributed by atoms with Gasteiger partial charge in [-0.15, -0.1) is 10.2 Å². The van der Waals surface area contributed by atoms with Crippen LogP contribution < -0.4 is 23.8 Å². The van der Waals surface area contributed by atoms with Crippen LogP contribution in [0.1, 0.15) is 6.92 Å². The summed E-state index contributed by atoms with van der Waals surface area (Å²) in [6.07, 6.45) is -1.00. The fourth-order valence-corrected chi connectivity index (χ4v) is 4.43. The number of anilines is 1. The van der Waals surface area contributed by atoms with Gasteiger partial charge >= 0.3 is 0 Å². The minimum atomic E-state index is -0.651. The zero-order valence-electron chi connectivity index (χ0n) is 18.7. The molecule has 2 unspecified atom stereocenters. The highest BCUT2D eigenvalue weighted by Crippen LogP contribution is 2.36. The predicted octanol–water partition coefficient (Wildman–Crippen LogP) is 2.75. The van der Waals surface area contributed by atoms with Gasteiger partial charge in [-0.25, -0.2) is 0 Å². The van der Waals surface area contributed by atoms with E-state index >= 15 is 0 Å². The molecular weight excluding hydrogens is 436 g/mol. The molecule has 34 heavy (non-hydrogen) atoms. The van der Waals surface area contributed by atoms with Crippen LogP contribution in [0.15, 0.2) is 54.6 Å². The summed E-state index contributed by atoms with van der Waals surface area (Å²) in [6, 6.07) is 17.1. The molecule has 174 valence electrons. The summed E-state index contributed by atoms with van der Waals surface area (Å²) < 4.78 is 22.7. The maximum Gasteiger partial charge on any atom is 0.267 e. The van der Waals surface area contributed by atoms with Crippen LogP contribution in [0.4, 0.5) is 5.82 Å². The molecular formula is C25H24N4O5. The average Bonchev–Trinajstić information content (AvgIpc) is 3.36. The van der Waals surface area contributed by atoms with Crippen LogP contribution in [-0.2, 0) is 4.79 Å². The van der Waals surface area contributed by atoms with Gasteiger partial charge in [0.2, 0.25) is 12.9 Å². The number of rotatable bonds is 3. The molecule has 3 aliphatic heterocycles. The number of benzene rings is 2. The van der Waals surface area contributed by atoms with Gasteiger partial charge in [0.25, 0.3) is 5.91 Å². The van der Waals surface area contributed by atoms with Crippen molar-refractivity contribution in [1.29, 1.82) is 0 Å². The van der Waals surface area contributed by atoms with Gasteiger partial charge in [0.1, 0.15) is 6.10 Å². The average molecular weight is 460 g/mol. The van der Waals surface area contributed by atoms with Gasteiger partial charge in [-0.1, -0.05) is 12.1 Å². The molecule has 2 aromatic carbocycles. The van der Waals surface area contributed by atoms with E-state index in [0.717, 1.165) is 22.8 Å². The van der Waals surface area contributed by atoms with E-state index in [9.17, 15) is 4.79 Å². The Labute approximate surface area is 196 Å². The molecule has 6 rings (SSSR count). The Bertz CT molecular complexity index is 1210. The molecule has 3 aliphatic rings. The number of nitrogens with zero attached hydrogens (tertiary/aromatic N) is 4. The van der Waals surface area contributed by atoms with Crippen molar-refractivity contribution in [2.45, 2.75) is 19.1 Å². The van der Waals surface area contributed by atoms with E-state index in [1.165, 1.54) is 0 Å². The SMILES string of the molecule is CC1Oc2ccccc2OC1C(=O)N1CCN(c2ccc(-c3ccc4c(c3)OCO4)nn2)CC1. The summed E-state index contributed by atoms with van der Waals surface area (Å²) in [6.45, 7) is 4.61. The Morgan fingerprint density at radius 2 is 1.62 bits per heavy atom. The molecule has 3 aromatic rings. The zero-order chi connectivity index (χ0) is 23.1. The third-order valence-corrected chi connectivity index (χ3v) is 6.32. The Hall–Kier alpha value is -4.01. The molecule has 0 radical (unpaired) electrons. The van der Waals surface area contributed by atoms with E-state index in [1.54, 1.807) is 0 Å². The standard InChI is InChI=1S/C25H24N4O5/c1-16-24(34-21-5-3-2-4-20(21)33-16)25(30)29-12-10-28(11-13-29)23-9-7-18(26-27-23)17-6-8-19-22(14-17)32-15-31-19/h2-9,14,16,24H,10-13,15H2,1H3. The van der Waals surface area contributed by atoms with Gasteiger partial charge in [0.15, 0.2) is 28.8 Å². The van der Waals surface area contributed by atoms with E-state index in [2.05, 4.69) is 15.1 Å². The second-order valence-electron chi connectivity index (χ2n) is 8.47. The highest BCUT2D eigenvalue weighted by Gasteiger charge is 2.37. The first-order chi connectivity index (χ1) is 16.7. The Morgan fingerprint density at radius 3 is 2.38 bits per heavy atom. The number of carbonyl (C=O) groups is 1. The van der Waals surface area contributed by atoms with Crippen molar-refractivity contribution >= 4 is 11.7 Å². The summed E-state index contributed by atoms with van der Waals surface area (Å²) in [5.41, 5.74) is 1.68. The van der Waals surface area contributed by atoms with Crippen LogP contribution in [-0.4, -0.2) is 66.2 Å². The summed E-state index contributed by atoms with van der Waals surface area (Å²) >= 11 is 0. The van der Waals surface area contributed by atoms with E-state index in [4.69, 9.17) is 18.9 Å². The first kappa shape index (κ1) is 20.6. The number of amides is 1. The number of fused-ring (bicyclic) bond motifs is 2. The number of carbonyl (C=O) groups excluding carboxylic acids is 1. The lowest BCUT2D eigenvalue weighted by molar-refractivity contribution is -0.144. The molecule has 4 heterocycles. The molecule has 9 heteroatoms. The molecule has 9 nitrogen and oxygen atoms in total. The van der Waals surface area contributed by atoms with Crippen LogP contribution >= 0.6 is 0 Å². The number of hydrogen-bond acceptors (Lipinski definition) is 8. The van der Waals surface area contributed by atoms with Crippen molar-refractivity contribution in [2.75, 3.05) is 37.9 Å². The Balaban J connectivity index is 1.09. The van der Waals surface area contributed by atoms with E-state index < -0.39 is 6.10 Å². The number of para-hydroxylation sites is 2. The molecule has 1 fully saturated rings. The lowest BCUT2D eigenvalue weighted by Gasteiger charge is -2.39. The fraction of sp³-hybridized carbons (Fsp3) is 0.320. The summed E-state index contributed by atoms with van der Waals surface area (Å²) in [5.74, 6) is 3.47. The molecule has 2 atom stereocenters. The van der Waals surface area contributed by atoms with Crippen LogP contribution in [0.2, 0.25) is 0 Å². The number of piperazine rings is 1. The minimum absolute atomic E-state index is 0.0501. The normalized spacial score (nSPS) is 20.9. The highest BCUT2D eigenvalue weighted by molar-refractivity contribution is 5.82. The quantitative estimate of drug-likeness (QED) is 0.590. The Kier molecular flexibility index (Phi) is 5.09. The Morgan fingerprint density at radius 1 is 0.853 bits per heavy atom. The topological polar surface area (TPSA) is 86.3 Å². The van der Waals surface area contributed by atoms with Crippen molar-refractivity contribution in [3.8, 4) is 34.3 Å². The van der Waals surface area contributed by atoms with Gasteiger partial charge in [0, 0.05) is 31.7 Å². The van der Waals surface area contributed by atoms with Crippen LogP contribution in [0.3, 0.4) is 0 Å². The second-order valence-corrected chi connectivity index (χ2v) is 8.47. The summed E-state index contributed by atoms with van der Waals surface area (Å²) in [7, 11) is 0. The first-order valence-corrected chi connectivity index (χ1v) is 11.4. The predicted molar refractivity (Wildman–Crippen MR) is 123 cm³/mol. The maximum atomic E-state index is 13.2. The van der Waals surface area contributed by atoms with Crippen LogP contribution in [0.25, 0.3) is 11.3 Å². The number of hydrogen-bond donors (Lipinski definition) is 0. The molecule has 1 saturated heterocycles. The smallest absolute Gasteiger partial charge is 0.267 e. The van der Waals surface area contributed by atoms with Gasteiger partial charge in [-0.3, -0.25) is 4.79 Å². The zero-order valence-corrected chi connectivity index (χ0v) is 18.7. The molecule has 0 aliphatic carbocycles. The van der Waals surface area contributed by atoms with Gasteiger partial charge < -0.3 is 28.7 Å². The van der Waals surface area contributed by atoms with Crippen molar-refractivity contribution in [2.24, 2.45) is 0 Å². The molecule has 0 spiro atoms. The maximum absolute atomic E-state index is 13.2. The molecule has 0 N–H and O–H groups in total. The number of aromatic nitrogens is 2. The molecule has 0 saturated carbocycles. The molecule has 0 bridgehead atoms. The summed E-state index contributed by atoms with van der Waals surface area (Å²) in [5, 5.41) is 8.83. The van der Waals surface area contributed by atoms with Crippen LogP contribution in [0, 0.1) is 0 Å². The van der Waals surface area contributed by atoms with Gasteiger partial charge in [-0.05, 0) is 49.4 Å². The lowest BCUT2D eigenvalue weighted by atomic mass is 10.1. The van der Waals surface area contributed by atoms with E-state index in [0.29, 0.717) is 43.4 Å². The first-order valence-electron chi connectivity index (χ1n) is 11.4. The van der Waals surface area contributed by atoms with Crippen molar-refractivity contribution in [3.05, 3.63) is 54.6 Å². The third kappa shape index (κ3) is 3.72. The van der Waals surface area contributed by atoms with Crippen LogP contribution in [0.5, 0.6) is 23.0 Å². The lowest BCUT2D eigenvalue weighted by Crippen LogP contribution is -2.56. The highest BCUT2D eigenvalue weighted by atomic mass is 16.7. The largest absolute Gasteiger partial charge is 0.482 e. The van der Waals surface area contributed by atoms with Gasteiger partial charge in [-0.2, -0.15) is 0 Å². The molecule has 1 aromatic heterocycles. The summed E-state index contributed by atoms with van der Waals surface area (Å²) in [4.78, 5) is 17.1. The van der Waals surface area contributed by atoms with E-state index in [-0.39, 0.29) is 18.8 Å². The fourth-order valence-electron chi connectivity index (χ4n) is 4.43. The number of ether oxygens (including phenoxy) is 4. The minimum Gasteiger partial charge on any atom is -0.482 e. The van der Waals surface area contributed by atoms with Gasteiger partial charge in [0.05, 0.1) is 5.69 Å². The van der Waals surface area contributed by atoms with E-state index in [1.807, 2.05) is 66.4 Å². The second kappa shape index (κ2) is 8.40.